The Hall–Kier alpha value is -7.40. The first-order valence-electron chi connectivity index (χ1n) is 26.3. The molecule has 73 heavy (non-hydrogen) atoms. The van der Waals surface area contributed by atoms with Gasteiger partial charge in [0.15, 0.2) is 0 Å². The fourth-order valence-electron chi connectivity index (χ4n) is 13.2. The van der Waals surface area contributed by atoms with Crippen molar-refractivity contribution in [3.63, 3.8) is 0 Å². The molecule has 0 N–H and O–H groups in total. The van der Waals surface area contributed by atoms with Crippen molar-refractivity contribution in [1.82, 2.24) is 0 Å². The fourth-order valence-corrected chi connectivity index (χ4v) is 14.5. The van der Waals surface area contributed by atoms with E-state index in [1.54, 1.807) is 0 Å². The largest absolute Gasteiger partial charge is 0.311 e. The number of aryl methyl sites for hydroxylation is 1. The number of hydrogen-bond donors (Lipinski definition) is 0. The van der Waals surface area contributed by atoms with Gasteiger partial charge in [0.25, 0.3) is 6.71 Å². The molecule has 0 amide bonds. The van der Waals surface area contributed by atoms with Gasteiger partial charge in [0.2, 0.25) is 0 Å². The predicted molar refractivity (Wildman–Crippen MR) is 314 cm³/mol. The SMILES string of the molecule is Cc1cc2c3c(c1)N(c1ccc(C(C)C)cc1)c1c(sc4cc5c(cc14)-c1ccc(C(C)(C)C)cc1C51c4ccccc4-c4ccccc41)B3c1ccc(-c3ccccc3)cc1N2c1ccc(C(C)(C)C)cc1. The molecule has 2 aliphatic carbocycles. The molecule has 1 aromatic heterocycles. The molecule has 0 bridgehead atoms. The van der Waals surface area contributed by atoms with Crippen LogP contribution in [-0.2, 0) is 16.2 Å². The van der Waals surface area contributed by atoms with Crippen molar-refractivity contribution in [1.29, 1.82) is 0 Å². The molecule has 0 radical (unpaired) electrons. The lowest BCUT2D eigenvalue weighted by Gasteiger charge is -2.43. The Labute approximate surface area is 435 Å². The Morgan fingerprint density at radius 2 is 1.05 bits per heavy atom. The average molecular weight is 959 g/mol. The average Bonchev–Trinajstić information content (AvgIpc) is 4.01. The number of thiophene rings is 1. The summed E-state index contributed by atoms with van der Waals surface area (Å²) in [4.78, 5) is 5.22. The first-order valence-corrected chi connectivity index (χ1v) is 27.1. The lowest BCUT2D eigenvalue weighted by Crippen LogP contribution is -2.60. The Morgan fingerprint density at radius 1 is 0.479 bits per heavy atom. The quantitative estimate of drug-likeness (QED) is 0.162. The third kappa shape index (κ3) is 6.29. The highest BCUT2D eigenvalue weighted by atomic mass is 32.1. The number of benzene rings is 9. The minimum atomic E-state index is -0.453. The van der Waals surface area contributed by atoms with E-state index in [0.717, 1.165) is 0 Å². The standard InChI is InChI=1S/C69H59BN2S/c1-41(2)43-23-29-49(30-24-43)72-62-36-42(3)35-61-64(62)70(59-34-25-45(44-17-11-10-12-18-44)37-60(59)71(61)48-31-26-46(27-32-48)67(4,5)6)66-65(72)54-39-53-52-33-28-47(68(7,8)9)38-57(52)69(58(53)40-63(54)73-66)55-21-15-13-19-50(55)51-20-14-16-22-56(51)69/h10-41H,1-9H3. The molecule has 2 nitrogen and oxygen atoms in total. The van der Waals surface area contributed by atoms with E-state index in [9.17, 15) is 0 Å². The van der Waals surface area contributed by atoms with Crippen LogP contribution < -0.4 is 25.5 Å². The van der Waals surface area contributed by atoms with Crippen molar-refractivity contribution >= 4 is 78.0 Å². The minimum absolute atomic E-state index is 0.00692. The monoisotopic (exact) mass is 958 g/mol. The Morgan fingerprint density at radius 3 is 1.71 bits per heavy atom. The lowest BCUT2D eigenvalue weighted by molar-refractivity contribution is 0.588. The third-order valence-electron chi connectivity index (χ3n) is 16.8. The van der Waals surface area contributed by atoms with Crippen LogP contribution in [-0.4, -0.2) is 6.71 Å². The molecule has 0 saturated carbocycles. The van der Waals surface area contributed by atoms with Crippen molar-refractivity contribution in [2.75, 3.05) is 9.80 Å². The lowest BCUT2D eigenvalue weighted by atomic mass is 9.36. The molecule has 3 heterocycles. The minimum Gasteiger partial charge on any atom is -0.311 e. The van der Waals surface area contributed by atoms with Crippen LogP contribution in [0.4, 0.5) is 34.1 Å². The van der Waals surface area contributed by atoms with Crippen LogP contribution in [0.15, 0.2) is 188 Å². The maximum absolute atomic E-state index is 2.64. The van der Waals surface area contributed by atoms with Gasteiger partial charge in [-0.2, -0.15) is 0 Å². The zero-order chi connectivity index (χ0) is 49.9. The van der Waals surface area contributed by atoms with Crippen LogP contribution in [0.5, 0.6) is 0 Å². The summed E-state index contributed by atoms with van der Waals surface area (Å²) in [5.41, 5.74) is 28.3. The highest BCUT2D eigenvalue weighted by Crippen LogP contribution is 2.64. The fraction of sp³-hybridized carbons (Fsp3) is 0.188. The van der Waals surface area contributed by atoms with E-state index < -0.39 is 5.41 Å². The van der Waals surface area contributed by atoms with E-state index in [0.29, 0.717) is 5.92 Å². The van der Waals surface area contributed by atoms with Crippen molar-refractivity contribution in [2.45, 2.75) is 84.5 Å². The van der Waals surface area contributed by atoms with Gasteiger partial charge < -0.3 is 9.80 Å². The number of hydrogen-bond acceptors (Lipinski definition) is 3. The van der Waals surface area contributed by atoms with Gasteiger partial charge >= 0.3 is 0 Å². The summed E-state index contributed by atoms with van der Waals surface area (Å²) in [6.07, 6.45) is 0. The van der Waals surface area contributed by atoms with Gasteiger partial charge in [-0.25, -0.2) is 0 Å². The van der Waals surface area contributed by atoms with Crippen LogP contribution in [0.2, 0.25) is 0 Å². The van der Waals surface area contributed by atoms with Crippen LogP contribution in [0.1, 0.15) is 106 Å². The number of nitrogens with zero attached hydrogens (tertiary/aromatic N) is 2. The number of rotatable bonds is 4. The highest BCUT2D eigenvalue weighted by molar-refractivity contribution is 7.33. The molecule has 0 atom stereocenters. The molecule has 0 fully saturated rings. The second kappa shape index (κ2) is 15.6. The van der Waals surface area contributed by atoms with Crippen LogP contribution in [0.3, 0.4) is 0 Å². The Bertz CT molecular complexity index is 3870. The van der Waals surface area contributed by atoms with Crippen molar-refractivity contribution in [2.24, 2.45) is 0 Å². The van der Waals surface area contributed by atoms with E-state index in [1.807, 2.05) is 11.3 Å². The van der Waals surface area contributed by atoms with Crippen LogP contribution in [0, 0.1) is 6.92 Å². The van der Waals surface area contributed by atoms with Gasteiger partial charge in [-0.05, 0) is 167 Å². The summed E-state index contributed by atoms with van der Waals surface area (Å²) in [5.74, 6) is 0.430. The molecular formula is C69H59BN2S. The van der Waals surface area contributed by atoms with Gasteiger partial charge in [-0.1, -0.05) is 189 Å². The van der Waals surface area contributed by atoms with Crippen molar-refractivity contribution < 1.29 is 0 Å². The van der Waals surface area contributed by atoms with E-state index in [2.05, 4.69) is 260 Å². The maximum Gasteiger partial charge on any atom is 0.264 e. The van der Waals surface area contributed by atoms with Gasteiger partial charge in [0, 0.05) is 43.3 Å². The zero-order valence-electron chi connectivity index (χ0n) is 43.4. The molecule has 14 rings (SSSR count). The molecule has 2 aliphatic heterocycles. The molecule has 0 unspecified atom stereocenters. The molecular weight excluding hydrogens is 900 g/mol. The van der Waals surface area contributed by atoms with Crippen molar-refractivity contribution in [3.8, 4) is 33.4 Å². The molecule has 10 aromatic rings. The second-order valence-corrected chi connectivity index (χ2v) is 24.6. The summed E-state index contributed by atoms with van der Waals surface area (Å²) in [6, 6.07) is 73.1. The summed E-state index contributed by atoms with van der Waals surface area (Å²) in [5, 5.41) is 1.31. The van der Waals surface area contributed by atoms with Gasteiger partial charge in [0.05, 0.1) is 11.1 Å². The number of fused-ring (bicyclic) bond motifs is 16. The molecule has 4 heteroatoms. The summed E-state index contributed by atoms with van der Waals surface area (Å²) in [6.45, 7) is 20.8. The van der Waals surface area contributed by atoms with Gasteiger partial charge in [-0.15, -0.1) is 11.3 Å². The van der Waals surface area contributed by atoms with E-state index in [1.165, 1.54) is 138 Å². The Kier molecular flexibility index (Phi) is 9.45. The summed E-state index contributed by atoms with van der Waals surface area (Å²) in [7, 11) is 0. The Balaban J connectivity index is 1.08. The molecule has 9 aromatic carbocycles. The van der Waals surface area contributed by atoms with Gasteiger partial charge in [-0.3, -0.25) is 0 Å². The van der Waals surface area contributed by atoms with Gasteiger partial charge in [0.1, 0.15) is 0 Å². The second-order valence-electron chi connectivity index (χ2n) is 23.6. The van der Waals surface area contributed by atoms with E-state index >= 15 is 0 Å². The first-order chi connectivity index (χ1) is 35.2. The van der Waals surface area contributed by atoms with E-state index in [-0.39, 0.29) is 17.5 Å². The number of anilines is 6. The molecule has 4 aliphatic rings. The van der Waals surface area contributed by atoms with Crippen molar-refractivity contribution in [3.05, 3.63) is 233 Å². The third-order valence-corrected chi connectivity index (χ3v) is 18.0. The summed E-state index contributed by atoms with van der Waals surface area (Å²) >= 11 is 2.01. The molecule has 0 saturated heterocycles. The molecule has 1 spiro atoms. The predicted octanol–water partition coefficient (Wildman–Crippen LogP) is 17.0. The highest BCUT2D eigenvalue weighted by Gasteiger charge is 2.53. The van der Waals surface area contributed by atoms with Crippen LogP contribution >= 0.6 is 11.3 Å². The zero-order valence-corrected chi connectivity index (χ0v) is 44.2. The smallest absolute Gasteiger partial charge is 0.264 e. The van der Waals surface area contributed by atoms with E-state index in [4.69, 9.17) is 0 Å². The molecule has 354 valence electrons. The topological polar surface area (TPSA) is 6.48 Å². The maximum atomic E-state index is 2.64. The van der Waals surface area contributed by atoms with Crippen LogP contribution in [0.25, 0.3) is 43.5 Å². The summed E-state index contributed by atoms with van der Waals surface area (Å²) < 4.78 is 2.72. The normalized spacial score (nSPS) is 14.5. The first kappa shape index (κ1) is 44.3.